The smallest absolute Gasteiger partial charge is 0.407 e. The standard InChI is InChI=1S/C15H20NO2P/c17-14(18-10-11-4-2-1-3-5-11)16-12-6-15(7-12)8-13(19)9-15/h1-5,12-13H,6-10,19H2,(H,16,17). The Kier molecular flexibility index (Phi) is 3.49. The summed E-state index contributed by atoms with van der Waals surface area (Å²) in [7, 11) is 2.89. The van der Waals surface area contributed by atoms with E-state index in [9.17, 15) is 4.79 Å². The molecule has 0 saturated heterocycles. The molecule has 102 valence electrons. The van der Waals surface area contributed by atoms with Crippen molar-refractivity contribution in [1.82, 2.24) is 5.32 Å². The number of rotatable bonds is 3. The van der Waals surface area contributed by atoms with Crippen LogP contribution in [0.4, 0.5) is 4.79 Å². The number of hydrogen-bond donors (Lipinski definition) is 1. The first-order valence-corrected chi connectivity index (χ1v) is 7.55. The van der Waals surface area contributed by atoms with E-state index in [0.29, 0.717) is 18.1 Å². The lowest BCUT2D eigenvalue weighted by Crippen LogP contribution is -2.56. The molecule has 2 fully saturated rings. The molecule has 1 unspecified atom stereocenters. The molecular formula is C15H20NO2P. The maximum atomic E-state index is 11.7. The van der Waals surface area contributed by atoms with E-state index in [1.165, 1.54) is 12.8 Å². The van der Waals surface area contributed by atoms with Gasteiger partial charge in [0.2, 0.25) is 0 Å². The van der Waals surface area contributed by atoms with Crippen LogP contribution in [-0.4, -0.2) is 17.8 Å². The van der Waals surface area contributed by atoms with Crippen molar-refractivity contribution in [3.8, 4) is 0 Å². The molecule has 1 N–H and O–H groups in total. The summed E-state index contributed by atoms with van der Waals surface area (Å²) in [4.78, 5) is 11.7. The molecule has 0 radical (unpaired) electrons. The second kappa shape index (κ2) is 5.13. The van der Waals surface area contributed by atoms with Gasteiger partial charge in [0, 0.05) is 6.04 Å². The van der Waals surface area contributed by atoms with Gasteiger partial charge < -0.3 is 10.1 Å². The second-order valence-corrected chi connectivity index (χ2v) is 6.92. The Balaban J connectivity index is 1.37. The fourth-order valence-corrected chi connectivity index (χ4v) is 4.41. The van der Waals surface area contributed by atoms with Gasteiger partial charge in [-0.15, -0.1) is 9.24 Å². The van der Waals surface area contributed by atoms with Crippen molar-refractivity contribution >= 4 is 15.3 Å². The van der Waals surface area contributed by atoms with Crippen LogP contribution in [0.3, 0.4) is 0 Å². The number of carbonyl (C=O) groups is 1. The number of alkyl carbamates (subject to hydrolysis) is 1. The predicted molar refractivity (Wildman–Crippen MR) is 77.9 cm³/mol. The lowest BCUT2D eigenvalue weighted by atomic mass is 9.54. The van der Waals surface area contributed by atoms with Gasteiger partial charge >= 0.3 is 6.09 Å². The van der Waals surface area contributed by atoms with E-state index < -0.39 is 0 Å². The zero-order chi connectivity index (χ0) is 13.3. The second-order valence-electron chi connectivity index (χ2n) is 5.98. The third-order valence-corrected chi connectivity index (χ3v) is 4.76. The van der Waals surface area contributed by atoms with Crippen molar-refractivity contribution in [2.75, 3.05) is 0 Å². The van der Waals surface area contributed by atoms with Crippen molar-refractivity contribution in [1.29, 1.82) is 0 Å². The Morgan fingerprint density at radius 1 is 1.26 bits per heavy atom. The molecule has 2 saturated carbocycles. The normalized spacial score (nSPS) is 32.3. The molecule has 2 aliphatic carbocycles. The van der Waals surface area contributed by atoms with E-state index in [-0.39, 0.29) is 6.09 Å². The van der Waals surface area contributed by atoms with E-state index >= 15 is 0 Å². The number of ether oxygens (including phenoxy) is 1. The van der Waals surface area contributed by atoms with E-state index in [2.05, 4.69) is 14.6 Å². The van der Waals surface area contributed by atoms with Crippen molar-refractivity contribution in [3.63, 3.8) is 0 Å². The maximum Gasteiger partial charge on any atom is 0.407 e. The van der Waals surface area contributed by atoms with Gasteiger partial charge in [0.1, 0.15) is 6.61 Å². The highest BCUT2D eigenvalue weighted by atomic mass is 31.0. The highest BCUT2D eigenvalue weighted by Gasteiger charge is 2.51. The monoisotopic (exact) mass is 277 g/mol. The summed E-state index contributed by atoms with van der Waals surface area (Å²) in [6.45, 7) is 0.345. The van der Waals surface area contributed by atoms with Crippen molar-refractivity contribution in [3.05, 3.63) is 35.9 Å². The molecule has 1 aromatic rings. The molecule has 1 amide bonds. The highest BCUT2D eigenvalue weighted by Crippen LogP contribution is 2.58. The Hall–Kier alpha value is -1.08. The molecule has 4 heteroatoms. The van der Waals surface area contributed by atoms with Gasteiger partial charge in [0.25, 0.3) is 0 Å². The fraction of sp³-hybridized carbons (Fsp3) is 0.533. The van der Waals surface area contributed by atoms with Crippen LogP contribution in [0, 0.1) is 5.41 Å². The van der Waals surface area contributed by atoms with Gasteiger partial charge in [0.05, 0.1) is 0 Å². The van der Waals surface area contributed by atoms with Crippen LogP contribution in [0.5, 0.6) is 0 Å². The number of benzene rings is 1. The summed E-state index contributed by atoms with van der Waals surface area (Å²) in [6.07, 6.45) is 4.56. The maximum absolute atomic E-state index is 11.7. The minimum Gasteiger partial charge on any atom is -0.445 e. The minimum absolute atomic E-state index is 0.287. The first-order chi connectivity index (χ1) is 9.15. The van der Waals surface area contributed by atoms with E-state index in [1.54, 1.807) is 0 Å². The first kappa shape index (κ1) is 12.9. The molecule has 1 spiro atoms. The first-order valence-electron chi connectivity index (χ1n) is 6.88. The van der Waals surface area contributed by atoms with Crippen LogP contribution in [-0.2, 0) is 11.3 Å². The van der Waals surface area contributed by atoms with Gasteiger partial charge in [-0.05, 0) is 42.3 Å². The SMILES string of the molecule is O=C(NC1CC2(CC(P)C2)C1)OCc1ccccc1. The third kappa shape index (κ3) is 2.92. The van der Waals surface area contributed by atoms with Gasteiger partial charge in [-0.2, -0.15) is 0 Å². The van der Waals surface area contributed by atoms with Crippen LogP contribution in [0.25, 0.3) is 0 Å². The van der Waals surface area contributed by atoms with Gasteiger partial charge in [-0.3, -0.25) is 0 Å². The van der Waals surface area contributed by atoms with Crippen molar-refractivity contribution in [2.24, 2.45) is 5.41 Å². The summed E-state index contributed by atoms with van der Waals surface area (Å²) >= 11 is 0. The van der Waals surface area contributed by atoms with Gasteiger partial charge in [-0.25, -0.2) is 4.79 Å². The molecule has 0 heterocycles. The molecule has 3 nitrogen and oxygen atoms in total. The molecule has 3 rings (SSSR count). The van der Waals surface area contributed by atoms with E-state index in [1.807, 2.05) is 30.3 Å². The minimum atomic E-state index is -0.287. The quantitative estimate of drug-likeness (QED) is 0.862. The Bertz CT molecular complexity index is 448. The molecule has 0 bridgehead atoms. The summed E-state index contributed by atoms with van der Waals surface area (Å²) in [5.74, 6) is 0. The van der Waals surface area contributed by atoms with Crippen molar-refractivity contribution in [2.45, 2.75) is 44.0 Å². The molecule has 1 aromatic carbocycles. The van der Waals surface area contributed by atoms with Gasteiger partial charge in [-0.1, -0.05) is 30.3 Å². The zero-order valence-corrected chi connectivity index (χ0v) is 12.1. The van der Waals surface area contributed by atoms with Crippen LogP contribution >= 0.6 is 9.24 Å². The lowest BCUT2D eigenvalue weighted by Gasteiger charge is -2.57. The van der Waals surface area contributed by atoms with Gasteiger partial charge in [0.15, 0.2) is 0 Å². The molecule has 19 heavy (non-hydrogen) atoms. The molecular weight excluding hydrogens is 257 g/mol. The number of nitrogens with one attached hydrogen (secondary N) is 1. The van der Waals surface area contributed by atoms with Crippen LogP contribution in [0.1, 0.15) is 31.2 Å². The van der Waals surface area contributed by atoms with E-state index in [4.69, 9.17) is 4.74 Å². The predicted octanol–water partition coefficient (Wildman–Crippen LogP) is 3.10. The van der Waals surface area contributed by atoms with Crippen LogP contribution < -0.4 is 5.32 Å². The van der Waals surface area contributed by atoms with E-state index in [0.717, 1.165) is 24.1 Å². The fourth-order valence-electron chi connectivity index (χ4n) is 3.41. The molecule has 1 atom stereocenters. The average molecular weight is 277 g/mol. The highest BCUT2D eigenvalue weighted by molar-refractivity contribution is 7.17. The summed E-state index contributed by atoms with van der Waals surface area (Å²) in [6, 6.07) is 10.1. The largest absolute Gasteiger partial charge is 0.445 e. The Labute approximate surface area is 116 Å². The number of carbonyl (C=O) groups excluding carboxylic acids is 1. The summed E-state index contributed by atoms with van der Waals surface area (Å²) in [5.41, 5.74) is 2.36. The summed E-state index contributed by atoms with van der Waals surface area (Å²) < 4.78 is 5.22. The Morgan fingerprint density at radius 3 is 2.58 bits per heavy atom. The Morgan fingerprint density at radius 2 is 1.95 bits per heavy atom. The number of hydrogen-bond acceptors (Lipinski definition) is 2. The third-order valence-electron chi connectivity index (χ3n) is 4.28. The molecule has 0 aliphatic heterocycles. The zero-order valence-electron chi connectivity index (χ0n) is 11.0. The molecule has 2 aliphatic rings. The number of amides is 1. The summed E-state index contributed by atoms with van der Waals surface area (Å²) in [5, 5.41) is 2.96. The van der Waals surface area contributed by atoms with Crippen LogP contribution in [0.15, 0.2) is 30.3 Å². The average Bonchev–Trinajstić information content (AvgIpc) is 2.33. The lowest BCUT2D eigenvalue weighted by molar-refractivity contribution is 0.00260. The molecule has 0 aromatic heterocycles. The van der Waals surface area contributed by atoms with Crippen molar-refractivity contribution < 1.29 is 9.53 Å². The van der Waals surface area contributed by atoms with Crippen LogP contribution in [0.2, 0.25) is 0 Å². The topological polar surface area (TPSA) is 38.3 Å².